The van der Waals surface area contributed by atoms with Crippen molar-refractivity contribution in [3.63, 3.8) is 0 Å². The summed E-state index contributed by atoms with van der Waals surface area (Å²) >= 11 is 0. The van der Waals surface area contributed by atoms with Crippen LogP contribution in [0.4, 0.5) is 0 Å². The van der Waals surface area contributed by atoms with Crippen molar-refractivity contribution in [1.29, 1.82) is 0 Å². The summed E-state index contributed by atoms with van der Waals surface area (Å²) in [7, 11) is 1.41. The van der Waals surface area contributed by atoms with Crippen molar-refractivity contribution < 1.29 is 9.53 Å². The topological polar surface area (TPSA) is 26.3 Å². The number of methoxy groups -OCH3 is 1. The molecule has 2 aromatic rings. The zero-order valence-electron chi connectivity index (χ0n) is 20.1. The lowest BCUT2D eigenvalue weighted by Gasteiger charge is -2.42. The first-order valence-corrected chi connectivity index (χ1v) is 11.7. The van der Waals surface area contributed by atoms with Gasteiger partial charge in [0.25, 0.3) is 0 Å². The molecule has 2 aromatic carbocycles. The van der Waals surface area contributed by atoms with Gasteiger partial charge in [0, 0.05) is 5.92 Å². The van der Waals surface area contributed by atoms with E-state index in [0.717, 1.165) is 12.0 Å². The molecule has 0 radical (unpaired) electrons. The Bertz CT molecular complexity index is 932. The Kier molecular flexibility index (Phi) is 7.09. The van der Waals surface area contributed by atoms with Gasteiger partial charge >= 0.3 is 5.97 Å². The molecule has 1 unspecified atom stereocenters. The number of ether oxygens (including phenoxy) is 1. The average Bonchev–Trinajstić information content (AvgIpc) is 2.76. The van der Waals surface area contributed by atoms with Crippen LogP contribution in [0.2, 0.25) is 0 Å². The second-order valence-corrected chi connectivity index (χ2v) is 10.3. The first-order valence-electron chi connectivity index (χ1n) is 11.7. The second-order valence-electron chi connectivity index (χ2n) is 10.3. The van der Waals surface area contributed by atoms with E-state index in [1.54, 1.807) is 0 Å². The molecular formula is C29H38O2. The number of carbonyl (C=O) groups excluding carboxylic acids is 1. The van der Waals surface area contributed by atoms with Crippen LogP contribution in [0.5, 0.6) is 0 Å². The summed E-state index contributed by atoms with van der Waals surface area (Å²) in [6, 6.07) is 14.9. The molecule has 31 heavy (non-hydrogen) atoms. The van der Waals surface area contributed by atoms with Gasteiger partial charge in [0.2, 0.25) is 0 Å². The first kappa shape index (κ1) is 23.3. The van der Waals surface area contributed by atoms with Crippen molar-refractivity contribution in [2.45, 2.75) is 83.5 Å². The molecular weight excluding hydrogens is 380 g/mol. The molecule has 0 saturated heterocycles. The highest BCUT2D eigenvalue weighted by molar-refractivity contribution is 5.89. The standard InChI is InChI=1S/C29H38O2/c1-7-8-9-22(13-10-21-11-14-23(15-12-21)27(30)31-6)24-16-17-25-26(20-24)29(4,5)19-18-28(25,2)3/h10-17,20,22H,7-9,18-19H2,1-6H3. The van der Waals surface area contributed by atoms with Gasteiger partial charge < -0.3 is 4.74 Å². The van der Waals surface area contributed by atoms with Crippen molar-refractivity contribution in [2.75, 3.05) is 7.11 Å². The minimum Gasteiger partial charge on any atom is -0.465 e. The van der Waals surface area contributed by atoms with E-state index < -0.39 is 0 Å². The Morgan fingerprint density at radius 1 is 1.00 bits per heavy atom. The maximum atomic E-state index is 11.7. The Morgan fingerprint density at radius 2 is 1.65 bits per heavy atom. The first-order chi connectivity index (χ1) is 14.7. The summed E-state index contributed by atoms with van der Waals surface area (Å²) in [5, 5.41) is 0. The van der Waals surface area contributed by atoms with Gasteiger partial charge in [0.1, 0.15) is 0 Å². The van der Waals surface area contributed by atoms with Crippen molar-refractivity contribution in [2.24, 2.45) is 0 Å². The molecule has 0 spiro atoms. The third-order valence-corrected chi connectivity index (χ3v) is 7.03. The highest BCUT2D eigenvalue weighted by Crippen LogP contribution is 2.46. The quantitative estimate of drug-likeness (QED) is 0.429. The molecule has 0 fully saturated rings. The molecule has 0 amide bonds. The van der Waals surface area contributed by atoms with E-state index in [9.17, 15) is 4.79 Å². The number of hydrogen-bond donors (Lipinski definition) is 0. The summed E-state index contributed by atoms with van der Waals surface area (Å²) in [6.45, 7) is 11.8. The summed E-state index contributed by atoms with van der Waals surface area (Å²) in [5.74, 6) is 0.0994. The Balaban J connectivity index is 1.91. The zero-order valence-corrected chi connectivity index (χ0v) is 20.1. The van der Waals surface area contributed by atoms with E-state index in [2.05, 4.69) is 65.0 Å². The highest BCUT2D eigenvalue weighted by Gasteiger charge is 2.37. The molecule has 1 aliphatic carbocycles. The van der Waals surface area contributed by atoms with Crippen molar-refractivity contribution in [3.05, 3.63) is 76.4 Å². The number of esters is 1. The molecule has 1 aliphatic rings. The number of allylic oxidation sites excluding steroid dienone is 1. The predicted molar refractivity (Wildman–Crippen MR) is 131 cm³/mol. The van der Waals surface area contributed by atoms with Gasteiger partial charge in [0.15, 0.2) is 0 Å². The Hall–Kier alpha value is -2.35. The molecule has 0 N–H and O–H groups in total. The lowest BCUT2D eigenvalue weighted by atomic mass is 9.62. The predicted octanol–water partition coefficient (Wildman–Crippen LogP) is 7.81. The third-order valence-electron chi connectivity index (χ3n) is 7.03. The van der Waals surface area contributed by atoms with Gasteiger partial charge in [-0.3, -0.25) is 0 Å². The monoisotopic (exact) mass is 418 g/mol. The van der Waals surface area contributed by atoms with E-state index >= 15 is 0 Å². The third kappa shape index (κ3) is 5.29. The molecule has 1 atom stereocenters. The molecule has 0 aliphatic heterocycles. The molecule has 3 rings (SSSR count). The number of rotatable bonds is 7. The maximum Gasteiger partial charge on any atom is 0.337 e. The second kappa shape index (κ2) is 9.42. The van der Waals surface area contributed by atoms with Crippen LogP contribution in [0.25, 0.3) is 6.08 Å². The Morgan fingerprint density at radius 3 is 2.26 bits per heavy atom. The van der Waals surface area contributed by atoms with Crippen molar-refractivity contribution in [1.82, 2.24) is 0 Å². The average molecular weight is 419 g/mol. The minimum absolute atomic E-state index is 0.226. The van der Waals surface area contributed by atoms with Crippen molar-refractivity contribution in [3.8, 4) is 0 Å². The molecule has 2 nitrogen and oxygen atoms in total. The van der Waals surface area contributed by atoms with Gasteiger partial charge in [-0.05, 0) is 64.5 Å². The lowest BCUT2D eigenvalue weighted by molar-refractivity contribution is 0.0600. The normalized spacial score (nSPS) is 17.9. The largest absolute Gasteiger partial charge is 0.465 e. The number of benzene rings is 2. The van der Waals surface area contributed by atoms with Gasteiger partial charge in [-0.15, -0.1) is 0 Å². The van der Waals surface area contributed by atoms with E-state index in [1.165, 1.54) is 49.5 Å². The molecule has 0 heterocycles. The lowest BCUT2D eigenvalue weighted by Crippen LogP contribution is -2.34. The van der Waals surface area contributed by atoms with Gasteiger partial charge in [-0.2, -0.15) is 0 Å². The van der Waals surface area contributed by atoms with Crippen LogP contribution in [0, 0.1) is 0 Å². The molecule has 0 aromatic heterocycles. The summed E-state index contributed by atoms with van der Waals surface area (Å²) in [4.78, 5) is 11.7. The molecule has 166 valence electrons. The fourth-order valence-electron chi connectivity index (χ4n) is 4.71. The molecule has 0 bridgehead atoms. The fraction of sp³-hybridized carbons (Fsp3) is 0.483. The number of unbranched alkanes of at least 4 members (excludes halogenated alkanes) is 1. The van der Waals surface area contributed by atoms with Crippen LogP contribution >= 0.6 is 0 Å². The van der Waals surface area contributed by atoms with Crippen LogP contribution in [0.1, 0.15) is 105 Å². The number of fused-ring (bicyclic) bond motifs is 1. The smallest absolute Gasteiger partial charge is 0.337 e. The van der Waals surface area contributed by atoms with Crippen LogP contribution in [0.15, 0.2) is 48.5 Å². The summed E-state index contributed by atoms with van der Waals surface area (Å²) in [6.07, 6.45) is 10.6. The maximum absolute atomic E-state index is 11.7. The number of carbonyl (C=O) groups is 1. The highest BCUT2D eigenvalue weighted by atomic mass is 16.5. The van der Waals surface area contributed by atoms with Gasteiger partial charge in [0.05, 0.1) is 12.7 Å². The summed E-state index contributed by atoms with van der Waals surface area (Å²) in [5.41, 5.74) is 6.63. The minimum atomic E-state index is -0.295. The zero-order chi connectivity index (χ0) is 22.6. The van der Waals surface area contributed by atoms with E-state index in [1.807, 2.05) is 24.3 Å². The van der Waals surface area contributed by atoms with Gasteiger partial charge in [-0.25, -0.2) is 4.79 Å². The number of hydrogen-bond acceptors (Lipinski definition) is 2. The SMILES string of the molecule is CCCCC(C=Cc1ccc(C(=O)OC)cc1)c1ccc2c(c1)C(C)(C)CCC2(C)C. The molecule has 0 saturated carbocycles. The van der Waals surface area contributed by atoms with E-state index in [4.69, 9.17) is 4.74 Å². The van der Waals surface area contributed by atoms with Crippen LogP contribution in [-0.2, 0) is 15.6 Å². The molecule has 2 heteroatoms. The van der Waals surface area contributed by atoms with Crippen molar-refractivity contribution >= 4 is 12.0 Å². The van der Waals surface area contributed by atoms with Crippen LogP contribution < -0.4 is 0 Å². The van der Waals surface area contributed by atoms with E-state index in [0.29, 0.717) is 11.5 Å². The Labute approximate surface area is 188 Å². The van der Waals surface area contributed by atoms with E-state index in [-0.39, 0.29) is 16.8 Å². The van der Waals surface area contributed by atoms with Crippen LogP contribution in [-0.4, -0.2) is 13.1 Å². The van der Waals surface area contributed by atoms with Crippen LogP contribution in [0.3, 0.4) is 0 Å². The van der Waals surface area contributed by atoms with Gasteiger partial charge in [-0.1, -0.05) is 89.9 Å². The fourth-order valence-corrected chi connectivity index (χ4v) is 4.71. The summed E-state index contributed by atoms with van der Waals surface area (Å²) < 4.78 is 4.80.